The molecular weight excluding hydrogens is 340 g/mol. The maximum absolute atomic E-state index is 12.3. The van der Waals surface area contributed by atoms with Crippen molar-refractivity contribution in [3.63, 3.8) is 0 Å². The summed E-state index contributed by atoms with van der Waals surface area (Å²) in [5, 5.41) is 9.80. The molecule has 0 saturated heterocycles. The van der Waals surface area contributed by atoms with E-state index < -0.39 is 36.0 Å². The maximum atomic E-state index is 12.3. The number of rotatable bonds is 9. The molecule has 1 aromatic carbocycles. The highest BCUT2D eigenvalue weighted by Gasteiger charge is 2.38. The van der Waals surface area contributed by atoms with E-state index in [1.165, 1.54) is 6.92 Å². The summed E-state index contributed by atoms with van der Waals surface area (Å²) < 4.78 is 14.8. The van der Waals surface area contributed by atoms with Crippen molar-refractivity contribution in [2.45, 2.75) is 46.0 Å². The summed E-state index contributed by atoms with van der Waals surface area (Å²) in [4.78, 5) is 36.2. The van der Waals surface area contributed by atoms with Gasteiger partial charge in [0.15, 0.2) is 12.0 Å². The van der Waals surface area contributed by atoms with Crippen LogP contribution in [0, 0.1) is 11.8 Å². The molecule has 1 N–H and O–H groups in total. The van der Waals surface area contributed by atoms with E-state index in [0.717, 1.165) is 12.7 Å². The second-order valence-electron chi connectivity index (χ2n) is 6.38. The van der Waals surface area contributed by atoms with E-state index in [1.807, 2.05) is 19.9 Å². The van der Waals surface area contributed by atoms with Crippen molar-refractivity contribution >= 4 is 17.9 Å². The molecule has 0 spiro atoms. The first-order chi connectivity index (χ1) is 12.3. The minimum atomic E-state index is -1.43. The number of hydrogen-bond acceptors (Lipinski definition) is 7. The minimum absolute atomic E-state index is 0.0240. The monoisotopic (exact) mass is 366 g/mol. The van der Waals surface area contributed by atoms with Crippen LogP contribution in [0.25, 0.3) is 0 Å². The molecule has 144 valence electrons. The van der Waals surface area contributed by atoms with Crippen LogP contribution in [0.1, 0.15) is 32.8 Å². The maximum Gasteiger partial charge on any atom is 0.335 e. The van der Waals surface area contributed by atoms with Gasteiger partial charge in [-0.05, 0) is 24.8 Å². The molecule has 0 aliphatic rings. The normalized spacial score (nSPS) is 14.2. The van der Waals surface area contributed by atoms with Gasteiger partial charge in [0.05, 0.1) is 7.11 Å². The lowest BCUT2D eigenvalue weighted by atomic mass is 10.0. The molecule has 26 heavy (non-hydrogen) atoms. The minimum Gasteiger partial charge on any atom is -0.468 e. The van der Waals surface area contributed by atoms with Crippen LogP contribution in [0.5, 0.6) is 0 Å². The molecule has 0 aliphatic carbocycles. The Morgan fingerprint density at radius 2 is 1.62 bits per heavy atom. The van der Waals surface area contributed by atoms with E-state index in [4.69, 9.17) is 9.47 Å². The molecule has 0 amide bonds. The molecule has 0 aromatic heterocycles. The molecule has 0 bridgehead atoms. The van der Waals surface area contributed by atoms with Gasteiger partial charge in [-0.1, -0.05) is 44.2 Å². The van der Waals surface area contributed by atoms with E-state index in [0.29, 0.717) is 0 Å². The van der Waals surface area contributed by atoms with E-state index >= 15 is 0 Å². The molecule has 7 heteroatoms. The van der Waals surface area contributed by atoms with Gasteiger partial charge in [0.25, 0.3) is 0 Å². The average molecular weight is 366 g/mol. The molecule has 1 rings (SSSR count). The Bertz CT molecular complexity index is 597. The molecule has 0 saturated carbocycles. The molecule has 0 heterocycles. The third-order valence-corrected chi connectivity index (χ3v) is 3.67. The van der Waals surface area contributed by atoms with Crippen molar-refractivity contribution < 1.29 is 33.7 Å². The zero-order valence-electron chi connectivity index (χ0n) is 15.5. The zero-order valence-corrected chi connectivity index (χ0v) is 15.5. The Balaban J connectivity index is 2.73. The van der Waals surface area contributed by atoms with E-state index in [9.17, 15) is 19.5 Å². The van der Waals surface area contributed by atoms with Crippen LogP contribution in [0.3, 0.4) is 0 Å². The van der Waals surface area contributed by atoms with Gasteiger partial charge in [-0.15, -0.1) is 0 Å². The smallest absolute Gasteiger partial charge is 0.335 e. The number of benzene rings is 1. The number of carbonyl (C=O) groups excluding carboxylic acids is 3. The van der Waals surface area contributed by atoms with Crippen molar-refractivity contribution in [2.75, 3.05) is 7.11 Å². The zero-order chi connectivity index (χ0) is 19.7. The fourth-order valence-electron chi connectivity index (χ4n) is 2.30. The van der Waals surface area contributed by atoms with Crippen LogP contribution in [-0.4, -0.2) is 42.3 Å². The van der Waals surface area contributed by atoms with E-state index in [-0.39, 0.29) is 18.9 Å². The van der Waals surface area contributed by atoms with Gasteiger partial charge in [0.1, 0.15) is 12.7 Å². The van der Waals surface area contributed by atoms with Gasteiger partial charge < -0.3 is 19.3 Å². The van der Waals surface area contributed by atoms with Crippen molar-refractivity contribution in [1.82, 2.24) is 0 Å². The predicted molar refractivity (Wildman–Crippen MR) is 92.8 cm³/mol. The molecule has 3 unspecified atom stereocenters. The van der Waals surface area contributed by atoms with Crippen molar-refractivity contribution in [1.29, 1.82) is 0 Å². The lowest BCUT2D eigenvalue weighted by molar-refractivity contribution is -0.175. The Kier molecular flexibility index (Phi) is 8.78. The first-order valence-corrected chi connectivity index (χ1v) is 8.43. The highest BCUT2D eigenvalue weighted by Crippen LogP contribution is 2.16. The number of hydrogen-bond donors (Lipinski definition) is 1. The third-order valence-electron chi connectivity index (χ3n) is 3.67. The summed E-state index contributed by atoms with van der Waals surface area (Å²) >= 11 is 0. The molecule has 0 fully saturated rings. The fraction of sp³-hybridized carbons (Fsp3) is 0.526. The number of aliphatic hydroxyl groups excluding tert-OH is 1. The van der Waals surface area contributed by atoms with Gasteiger partial charge in [-0.3, -0.25) is 9.59 Å². The summed E-state index contributed by atoms with van der Waals surface area (Å²) in [7, 11) is 1.13. The number of methoxy groups -OCH3 is 1. The lowest BCUT2D eigenvalue weighted by Crippen LogP contribution is -2.40. The lowest BCUT2D eigenvalue weighted by Gasteiger charge is -2.22. The van der Waals surface area contributed by atoms with Crippen LogP contribution < -0.4 is 0 Å². The summed E-state index contributed by atoms with van der Waals surface area (Å²) in [5.74, 6) is -3.98. The first-order valence-electron chi connectivity index (χ1n) is 8.43. The third kappa shape index (κ3) is 6.84. The average Bonchev–Trinajstić information content (AvgIpc) is 2.60. The molecule has 7 nitrogen and oxygen atoms in total. The standard InChI is InChI=1S/C19H26O7/c1-12(2)10-15(20)17(21)26-13(3)16(18(22)24-4)19(23)25-11-14-8-6-5-7-9-14/h5-9,12-13,15-16,20H,10-11H2,1-4H3. The van der Waals surface area contributed by atoms with Crippen LogP contribution in [0.4, 0.5) is 0 Å². The Hall–Kier alpha value is -2.41. The number of aliphatic hydroxyl groups is 1. The number of ether oxygens (including phenoxy) is 3. The predicted octanol–water partition coefficient (Wildman–Crippen LogP) is 1.86. The second kappa shape index (κ2) is 10.6. The van der Waals surface area contributed by atoms with E-state index in [2.05, 4.69) is 4.74 Å². The SMILES string of the molecule is COC(=O)C(C(=O)OCc1ccccc1)C(C)OC(=O)C(O)CC(C)C. The number of esters is 3. The van der Waals surface area contributed by atoms with E-state index in [1.54, 1.807) is 24.3 Å². The Morgan fingerprint density at radius 1 is 1.00 bits per heavy atom. The second-order valence-corrected chi connectivity index (χ2v) is 6.38. The van der Waals surface area contributed by atoms with Crippen LogP contribution in [0.2, 0.25) is 0 Å². The largest absolute Gasteiger partial charge is 0.468 e. The fourth-order valence-corrected chi connectivity index (χ4v) is 2.30. The van der Waals surface area contributed by atoms with Gasteiger partial charge >= 0.3 is 17.9 Å². The van der Waals surface area contributed by atoms with Crippen LogP contribution in [0.15, 0.2) is 30.3 Å². The van der Waals surface area contributed by atoms with Gasteiger partial charge in [0, 0.05) is 0 Å². The first kappa shape index (κ1) is 21.6. The topological polar surface area (TPSA) is 99.1 Å². The van der Waals surface area contributed by atoms with Crippen molar-refractivity contribution in [3.05, 3.63) is 35.9 Å². The summed E-state index contributed by atoms with van der Waals surface area (Å²) in [6.07, 6.45) is -2.25. The van der Waals surface area contributed by atoms with Crippen molar-refractivity contribution in [2.24, 2.45) is 11.8 Å². The quantitative estimate of drug-likeness (QED) is 0.404. The Labute approximate surface area is 153 Å². The van der Waals surface area contributed by atoms with Gasteiger partial charge in [0.2, 0.25) is 0 Å². The molecule has 3 atom stereocenters. The molecule has 0 aliphatic heterocycles. The Morgan fingerprint density at radius 3 is 2.15 bits per heavy atom. The van der Waals surface area contributed by atoms with Crippen LogP contribution >= 0.6 is 0 Å². The van der Waals surface area contributed by atoms with Gasteiger partial charge in [-0.2, -0.15) is 0 Å². The molecule has 0 radical (unpaired) electrons. The summed E-state index contributed by atoms with van der Waals surface area (Å²) in [5.41, 5.74) is 0.751. The summed E-state index contributed by atoms with van der Waals surface area (Å²) in [6, 6.07) is 8.95. The molecule has 1 aromatic rings. The highest BCUT2D eigenvalue weighted by molar-refractivity contribution is 5.95. The van der Waals surface area contributed by atoms with Crippen molar-refractivity contribution in [3.8, 4) is 0 Å². The summed E-state index contributed by atoms with van der Waals surface area (Å²) in [6.45, 7) is 5.05. The van der Waals surface area contributed by atoms with Gasteiger partial charge in [-0.25, -0.2) is 4.79 Å². The number of carbonyl (C=O) groups is 3. The van der Waals surface area contributed by atoms with Crippen LogP contribution in [-0.2, 0) is 35.2 Å². The highest BCUT2D eigenvalue weighted by atomic mass is 16.6. The molecular formula is C19H26O7.